The van der Waals surface area contributed by atoms with Crippen molar-refractivity contribution < 1.29 is 39.2 Å². The van der Waals surface area contributed by atoms with Crippen LogP contribution in [-0.2, 0) is 20.8 Å². The molecule has 1 saturated carbocycles. The van der Waals surface area contributed by atoms with Crippen molar-refractivity contribution in [2.45, 2.75) is 24.5 Å². The average molecular weight is 588 g/mol. The first-order chi connectivity index (χ1) is 19.5. The second kappa shape index (κ2) is 10.6. The number of carbonyl (C=O) groups is 3. The molecule has 0 aliphatic heterocycles. The summed E-state index contributed by atoms with van der Waals surface area (Å²) in [5.41, 5.74) is 1.44. The third kappa shape index (κ3) is 4.55. The van der Waals surface area contributed by atoms with Crippen molar-refractivity contribution in [2.75, 3.05) is 33.1 Å². The van der Waals surface area contributed by atoms with E-state index in [9.17, 15) is 48.8 Å². The lowest BCUT2D eigenvalue weighted by Gasteiger charge is -2.50. The number of Topliss-reactive ketones (excluding diaryl/α,β-unsaturated/α-hetero) is 2. The minimum absolute atomic E-state index is 0.0638. The number of nitrogens with two attached hydrogens (primary N) is 1. The number of aliphatic hydroxyl groups excluding tert-OH is 2. The van der Waals surface area contributed by atoms with Crippen molar-refractivity contribution >= 4 is 28.9 Å². The van der Waals surface area contributed by atoms with Crippen LogP contribution in [0.5, 0.6) is 5.75 Å². The summed E-state index contributed by atoms with van der Waals surface area (Å²) in [6, 6.07) is 2.01. The molecule has 1 aromatic heterocycles. The van der Waals surface area contributed by atoms with Gasteiger partial charge >= 0.3 is 5.69 Å². The maximum absolute atomic E-state index is 13.7. The van der Waals surface area contributed by atoms with Gasteiger partial charge in [0.25, 0.3) is 11.5 Å². The van der Waals surface area contributed by atoms with Gasteiger partial charge in [0.2, 0.25) is 11.6 Å². The number of aliphatic hydroxyl groups is 3. The van der Waals surface area contributed by atoms with Crippen molar-refractivity contribution in [3.05, 3.63) is 73.0 Å². The van der Waals surface area contributed by atoms with Gasteiger partial charge in [-0.25, -0.2) is 4.79 Å². The minimum atomic E-state index is -2.63. The third-order valence-corrected chi connectivity index (χ3v) is 7.84. The molecule has 0 saturated heterocycles. The molecule has 8 N–H and O–H groups in total. The lowest BCUT2D eigenvalue weighted by molar-refractivity contribution is -0.153. The van der Waals surface area contributed by atoms with Gasteiger partial charge in [0.15, 0.2) is 11.4 Å². The normalized spacial score (nSPS) is 24.9. The number of aromatic nitrogens is 2. The summed E-state index contributed by atoms with van der Waals surface area (Å²) in [5.74, 6) is -7.53. The van der Waals surface area contributed by atoms with E-state index < -0.39 is 75.1 Å². The molecule has 0 bridgehead atoms. The molecule has 0 unspecified atom stereocenters. The number of aromatic hydroxyl groups is 1. The SMILES string of the molecule is CN(C)c1ccc(O)c2c1C[C@H]1C[C@H]3[C@H](N(C)C)C(=O)C(C(N)=O)=C(O)[C@@]3(O)C(=O)C1=C2O.O=c1[nH]cc(F)c(=O)[nH]1. The van der Waals surface area contributed by atoms with E-state index in [0.29, 0.717) is 11.8 Å². The fraction of sp³-hybridized carbons (Fsp3) is 0.370. The maximum Gasteiger partial charge on any atom is 0.325 e. The van der Waals surface area contributed by atoms with Crippen LogP contribution >= 0.6 is 0 Å². The van der Waals surface area contributed by atoms with Crippen LogP contribution < -0.4 is 21.9 Å². The lowest BCUT2D eigenvalue weighted by atomic mass is 9.57. The van der Waals surface area contributed by atoms with E-state index in [1.54, 1.807) is 25.1 Å². The third-order valence-electron chi connectivity index (χ3n) is 7.84. The quantitative estimate of drug-likeness (QED) is 0.221. The van der Waals surface area contributed by atoms with Gasteiger partial charge in [-0.15, -0.1) is 0 Å². The predicted octanol–water partition coefficient (Wildman–Crippen LogP) is -0.768. The van der Waals surface area contributed by atoms with E-state index in [4.69, 9.17) is 5.73 Å². The highest BCUT2D eigenvalue weighted by molar-refractivity contribution is 6.24. The second-order valence-corrected chi connectivity index (χ2v) is 10.7. The molecule has 3 aliphatic carbocycles. The number of hydrogen-bond donors (Lipinski definition) is 7. The summed E-state index contributed by atoms with van der Waals surface area (Å²) in [4.78, 5) is 66.0. The van der Waals surface area contributed by atoms with E-state index in [2.05, 4.69) is 0 Å². The van der Waals surface area contributed by atoms with E-state index in [0.717, 1.165) is 5.69 Å². The van der Waals surface area contributed by atoms with E-state index >= 15 is 0 Å². The van der Waals surface area contributed by atoms with Crippen LogP contribution in [0.2, 0.25) is 0 Å². The zero-order valence-electron chi connectivity index (χ0n) is 23.1. The summed E-state index contributed by atoms with van der Waals surface area (Å²) in [6.45, 7) is 0. The molecule has 0 radical (unpaired) electrons. The Bertz CT molecular complexity index is 1690. The molecular formula is C27H30FN5O9. The number of nitrogens with one attached hydrogen (secondary N) is 2. The zero-order valence-corrected chi connectivity index (χ0v) is 23.1. The summed E-state index contributed by atoms with van der Waals surface area (Å²) in [5, 5.41) is 43.9. The standard InChI is InChI=1S/C23H27N3O7.C4H3FN2O2/c1-25(2)12-5-6-13(27)15-10(12)7-9-8-11-17(26(3)4)19(29)16(22(24)32)21(31)23(11,33)20(30)14(9)18(15)28;5-2-1-6-4(9)7-3(2)8/h5-6,9,11,17,27-28,31,33H,7-8H2,1-4H3,(H2,24,32);1H,(H2,6,7,8,9)/t9-,11-,17-,23-;/m0./s1. The number of aromatic amines is 2. The smallest absolute Gasteiger partial charge is 0.325 e. The Morgan fingerprint density at radius 2 is 1.74 bits per heavy atom. The number of rotatable bonds is 3. The Morgan fingerprint density at radius 3 is 2.26 bits per heavy atom. The molecule has 1 aromatic carbocycles. The summed E-state index contributed by atoms with van der Waals surface area (Å²) < 4.78 is 12.0. The molecule has 3 aliphatic rings. The summed E-state index contributed by atoms with van der Waals surface area (Å²) in [6.07, 6.45) is 1.03. The highest BCUT2D eigenvalue weighted by Gasteiger charge is 2.64. The minimum Gasteiger partial charge on any atom is -0.508 e. The maximum atomic E-state index is 13.7. The molecule has 42 heavy (non-hydrogen) atoms. The molecular weight excluding hydrogens is 557 g/mol. The number of halogens is 1. The van der Waals surface area contributed by atoms with Crippen molar-refractivity contribution in [3.63, 3.8) is 0 Å². The van der Waals surface area contributed by atoms with Gasteiger partial charge in [-0.1, -0.05) is 0 Å². The topological polar surface area (TPSA) is 230 Å². The number of fused-ring (bicyclic) bond motifs is 3. The van der Waals surface area contributed by atoms with Crippen LogP contribution in [0.3, 0.4) is 0 Å². The molecule has 224 valence electrons. The van der Waals surface area contributed by atoms with Crippen LogP contribution in [0.15, 0.2) is 44.8 Å². The number of phenols is 1. The van der Waals surface area contributed by atoms with Crippen molar-refractivity contribution in [1.82, 2.24) is 14.9 Å². The molecule has 1 amide bonds. The van der Waals surface area contributed by atoms with Crippen molar-refractivity contribution in [3.8, 4) is 5.75 Å². The molecule has 15 heteroatoms. The summed E-state index contributed by atoms with van der Waals surface area (Å²) in [7, 11) is 6.75. The number of H-pyrrole nitrogens is 2. The number of benzene rings is 1. The fourth-order valence-corrected chi connectivity index (χ4v) is 6.04. The van der Waals surface area contributed by atoms with Gasteiger partial charge < -0.3 is 36.0 Å². The lowest BCUT2D eigenvalue weighted by Crippen LogP contribution is -2.65. The van der Waals surface area contributed by atoms with E-state index in [1.165, 1.54) is 11.0 Å². The van der Waals surface area contributed by atoms with E-state index in [-0.39, 0.29) is 29.7 Å². The number of phenolic OH excluding ortho intramolecular Hbond substituents is 1. The number of ketones is 2. The van der Waals surface area contributed by atoms with Gasteiger partial charge in [0.1, 0.15) is 22.8 Å². The average Bonchev–Trinajstić information content (AvgIpc) is 2.88. The number of primary amides is 1. The molecule has 1 heterocycles. The first kappa shape index (κ1) is 30.2. The highest BCUT2D eigenvalue weighted by atomic mass is 19.1. The molecule has 2 aromatic rings. The Hall–Kier alpha value is -4.76. The summed E-state index contributed by atoms with van der Waals surface area (Å²) >= 11 is 0. The first-order valence-electron chi connectivity index (χ1n) is 12.7. The molecule has 5 rings (SSSR count). The number of anilines is 1. The molecule has 14 nitrogen and oxygen atoms in total. The second-order valence-electron chi connectivity index (χ2n) is 10.7. The van der Waals surface area contributed by atoms with Crippen LogP contribution in [-0.4, -0.2) is 92.6 Å². The Morgan fingerprint density at radius 1 is 1.10 bits per heavy atom. The van der Waals surface area contributed by atoms with Crippen LogP contribution in [0.4, 0.5) is 10.1 Å². The number of hydrogen-bond acceptors (Lipinski definition) is 11. The van der Waals surface area contributed by atoms with Gasteiger partial charge in [0, 0.05) is 37.5 Å². The number of likely N-dealkylation sites (N-methyl/N-ethyl adjacent to an activating group) is 1. The largest absolute Gasteiger partial charge is 0.508 e. The Balaban J connectivity index is 0.000000385. The monoisotopic (exact) mass is 587 g/mol. The highest BCUT2D eigenvalue weighted by Crippen LogP contribution is 2.53. The number of nitrogens with zero attached hydrogens (tertiary/aromatic N) is 2. The number of amides is 1. The van der Waals surface area contributed by atoms with Crippen LogP contribution in [0.25, 0.3) is 5.76 Å². The van der Waals surface area contributed by atoms with Crippen LogP contribution in [0, 0.1) is 17.7 Å². The zero-order chi connectivity index (χ0) is 31.4. The van der Waals surface area contributed by atoms with Gasteiger partial charge in [-0.3, -0.25) is 29.1 Å². The van der Waals surface area contributed by atoms with Gasteiger partial charge in [0.05, 0.1) is 11.6 Å². The fourth-order valence-electron chi connectivity index (χ4n) is 6.04. The Labute approximate surface area is 237 Å². The number of carbonyl (C=O) groups excluding carboxylic acids is 3. The molecule has 4 atom stereocenters. The van der Waals surface area contributed by atoms with Crippen LogP contribution in [0.1, 0.15) is 17.5 Å². The molecule has 1 fully saturated rings. The van der Waals surface area contributed by atoms with E-state index in [1.807, 2.05) is 24.0 Å². The predicted molar refractivity (Wildman–Crippen MR) is 146 cm³/mol. The van der Waals surface area contributed by atoms with Gasteiger partial charge in [-0.05, 0) is 50.6 Å². The van der Waals surface area contributed by atoms with Crippen molar-refractivity contribution in [1.29, 1.82) is 0 Å². The first-order valence-corrected chi connectivity index (χ1v) is 12.7. The van der Waals surface area contributed by atoms with Crippen molar-refractivity contribution in [2.24, 2.45) is 17.6 Å². The van der Waals surface area contributed by atoms with Gasteiger partial charge in [-0.2, -0.15) is 4.39 Å². The molecule has 0 spiro atoms. The Kier molecular flexibility index (Phi) is 7.60.